The molecule has 17 heavy (non-hydrogen) atoms. The molecule has 0 atom stereocenters. The van der Waals surface area contributed by atoms with Crippen LogP contribution in [0.5, 0.6) is 0 Å². The summed E-state index contributed by atoms with van der Waals surface area (Å²) < 4.78 is 28.1. The molecule has 0 aliphatic heterocycles. The third-order valence-electron chi connectivity index (χ3n) is 2.05. The van der Waals surface area contributed by atoms with E-state index in [2.05, 4.69) is 9.97 Å². The van der Waals surface area contributed by atoms with Crippen molar-refractivity contribution in [2.45, 2.75) is 13.8 Å². The Kier molecular flexibility index (Phi) is 3.57. The van der Waals surface area contributed by atoms with Gasteiger partial charge in [-0.05, 0) is 13.8 Å². The molecule has 6 nitrogen and oxygen atoms in total. The van der Waals surface area contributed by atoms with E-state index in [0.717, 1.165) is 0 Å². The van der Waals surface area contributed by atoms with Crippen LogP contribution in [0.1, 0.15) is 13.8 Å². The molecule has 0 spiro atoms. The SMILES string of the molecule is CCOP(=O)(OCC)c1cc2cncnc2o1. The molecule has 0 unspecified atom stereocenters. The van der Waals surface area contributed by atoms with Crippen LogP contribution in [0.2, 0.25) is 0 Å². The van der Waals surface area contributed by atoms with Gasteiger partial charge in [0.2, 0.25) is 11.2 Å². The fraction of sp³-hybridized carbons (Fsp3) is 0.400. The molecule has 0 bridgehead atoms. The van der Waals surface area contributed by atoms with Crippen LogP contribution in [0.15, 0.2) is 23.0 Å². The highest BCUT2D eigenvalue weighted by Crippen LogP contribution is 2.47. The number of nitrogens with zero attached hydrogens (tertiary/aromatic N) is 2. The summed E-state index contributed by atoms with van der Waals surface area (Å²) in [6.45, 7) is 4.04. The average Bonchev–Trinajstić information content (AvgIpc) is 2.74. The van der Waals surface area contributed by atoms with E-state index in [1.807, 2.05) is 0 Å². The van der Waals surface area contributed by atoms with Gasteiger partial charge in [-0.2, -0.15) is 0 Å². The van der Waals surface area contributed by atoms with Crippen molar-refractivity contribution in [2.24, 2.45) is 0 Å². The fourth-order valence-electron chi connectivity index (χ4n) is 1.41. The Morgan fingerprint density at radius 2 is 2.06 bits per heavy atom. The Balaban J connectivity index is 2.45. The molecule has 2 aromatic rings. The Hall–Kier alpha value is -1.23. The topological polar surface area (TPSA) is 74.5 Å². The van der Waals surface area contributed by atoms with Crippen LogP contribution in [-0.2, 0) is 13.6 Å². The lowest BCUT2D eigenvalue weighted by Crippen LogP contribution is -2.08. The molecule has 0 aliphatic rings. The van der Waals surface area contributed by atoms with Gasteiger partial charge in [0.1, 0.15) is 6.33 Å². The van der Waals surface area contributed by atoms with E-state index in [1.165, 1.54) is 6.33 Å². The molecule has 0 radical (unpaired) electrons. The highest BCUT2D eigenvalue weighted by Gasteiger charge is 2.31. The maximum atomic E-state index is 12.4. The fourth-order valence-corrected chi connectivity index (χ4v) is 2.92. The van der Waals surface area contributed by atoms with Gasteiger partial charge < -0.3 is 13.5 Å². The number of rotatable bonds is 5. The van der Waals surface area contributed by atoms with E-state index in [0.29, 0.717) is 11.1 Å². The van der Waals surface area contributed by atoms with Gasteiger partial charge in [0.15, 0.2) is 0 Å². The summed E-state index contributed by atoms with van der Waals surface area (Å²) in [6.07, 6.45) is 2.94. The van der Waals surface area contributed by atoms with Crippen LogP contribution in [0.25, 0.3) is 11.1 Å². The molecule has 2 heterocycles. The number of aromatic nitrogens is 2. The van der Waals surface area contributed by atoms with Crippen LogP contribution in [0.3, 0.4) is 0 Å². The van der Waals surface area contributed by atoms with Crippen molar-refractivity contribution >= 4 is 24.2 Å². The van der Waals surface area contributed by atoms with Gasteiger partial charge in [-0.3, -0.25) is 4.57 Å². The van der Waals surface area contributed by atoms with Crippen LogP contribution < -0.4 is 5.50 Å². The van der Waals surface area contributed by atoms with Crippen LogP contribution in [0, 0.1) is 0 Å². The summed E-state index contributed by atoms with van der Waals surface area (Å²) >= 11 is 0. The lowest BCUT2D eigenvalue weighted by atomic mass is 10.4. The second kappa shape index (κ2) is 4.96. The zero-order valence-corrected chi connectivity index (χ0v) is 10.5. The highest BCUT2D eigenvalue weighted by molar-refractivity contribution is 7.61. The van der Waals surface area contributed by atoms with Gasteiger partial charge in [-0.15, -0.1) is 0 Å². The Labute approximate surface area is 98.5 Å². The summed E-state index contributed by atoms with van der Waals surface area (Å²) in [4.78, 5) is 7.78. The second-order valence-electron chi connectivity index (χ2n) is 3.20. The van der Waals surface area contributed by atoms with Crippen LogP contribution in [-0.4, -0.2) is 23.2 Å². The van der Waals surface area contributed by atoms with Gasteiger partial charge in [-0.25, -0.2) is 9.97 Å². The Morgan fingerprint density at radius 1 is 1.35 bits per heavy atom. The Bertz CT molecular complexity index is 511. The first-order valence-electron chi connectivity index (χ1n) is 5.29. The first-order valence-corrected chi connectivity index (χ1v) is 6.83. The molecule has 7 heteroatoms. The van der Waals surface area contributed by atoms with Crippen LogP contribution in [0.4, 0.5) is 0 Å². The number of hydrogen-bond donors (Lipinski definition) is 0. The molecule has 2 aromatic heterocycles. The molecule has 92 valence electrons. The summed E-state index contributed by atoms with van der Waals surface area (Å²) in [6, 6.07) is 1.58. The third-order valence-corrected chi connectivity index (χ3v) is 4.01. The van der Waals surface area contributed by atoms with Gasteiger partial charge in [-0.1, -0.05) is 0 Å². The van der Waals surface area contributed by atoms with E-state index in [-0.39, 0.29) is 18.7 Å². The second-order valence-corrected chi connectivity index (χ2v) is 5.15. The van der Waals surface area contributed by atoms with Crippen molar-refractivity contribution < 1.29 is 18.0 Å². The van der Waals surface area contributed by atoms with E-state index in [4.69, 9.17) is 13.5 Å². The molecule has 2 rings (SSSR count). The Morgan fingerprint density at radius 3 is 2.65 bits per heavy atom. The molecular formula is C10H13N2O4P. The van der Waals surface area contributed by atoms with Gasteiger partial charge in [0.25, 0.3) is 0 Å². The minimum Gasteiger partial charge on any atom is -0.430 e. The largest absolute Gasteiger partial charge is 0.430 e. The molecule has 0 aromatic carbocycles. The molecular weight excluding hydrogens is 243 g/mol. The predicted octanol–water partition coefficient (Wildman–Crippen LogP) is 2.11. The summed E-state index contributed by atoms with van der Waals surface area (Å²) in [5, 5.41) is 0.669. The van der Waals surface area contributed by atoms with E-state index < -0.39 is 7.60 Å². The normalized spacial score (nSPS) is 12.1. The first-order chi connectivity index (χ1) is 8.19. The minimum absolute atomic E-state index is 0.164. The molecule has 0 saturated heterocycles. The van der Waals surface area contributed by atoms with E-state index >= 15 is 0 Å². The standard InChI is InChI=1S/C10H13N2O4P/c1-3-14-17(13,15-4-2)9-5-8-6-11-7-12-10(8)16-9/h5-7H,3-4H2,1-2H3. The maximum Gasteiger partial charge on any atom is 0.396 e. The van der Waals surface area contributed by atoms with Crippen LogP contribution >= 0.6 is 7.60 Å². The van der Waals surface area contributed by atoms with Crippen molar-refractivity contribution in [3.63, 3.8) is 0 Å². The quantitative estimate of drug-likeness (QED) is 0.763. The monoisotopic (exact) mass is 256 g/mol. The number of fused-ring (bicyclic) bond motifs is 1. The lowest BCUT2D eigenvalue weighted by molar-refractivity contribution is 0.226. The van der Waals surface area contributed by atoms with Gasteiger partial charge in [0, 0.05) is 12.3 Å². The van der Waals surface area contributed by atoms with E-state index in [9.17, 15) is 4.57 Å². The van der Waals surface area contributed by atoms with Gasteiger partial charge >= 0.3 is 7.60 Å². The molecule has 0 fully saturated rings. The smallest absolute Gasteiger partial charge is 0.396 e. The van der Waals surface area contributed by atoms with Crippen molar-refractivity contribution in [1.82, 2.24) is 9.97 Å². The minimum atomic E-state index is -3.38. The summed E-state index contributed by atoms with van der Waals surface area (Å²) in [5.74, 6) is 0. The van der Waals surface area contributed by atoms with Gasteiger partial charge in [0.05, 0.1) is 18.6 Å². The average molecular weight is 256 g/mol. The highest BCUT2D eigenvalue weighted by atomic mass is 31.2. The van der Waals surface area contributed by atoms with Crippen molar-refractivity contribution in [1.29, 1.82) is 0 Å². The zero-order valence-electron chi connectivity index (χ0n) is 9.62. The summed E-state index contributed by atoms with van der Waals surface area (Å²) in [7, 11) is -3.38. The first kappa shape index (κ1) is 12.2. The third kappa shape index (κ3) is 2.39. The lowest BCUT2D eigenvalue weighted by Gasteiger charge is -2.13. The van der Waals surface area contributed by atoms with Crippen molar-refractivity contribution in [3.05, 3.63) is 18.6 Å². The molecule has 0 saturated carbocycles. The van der Waals surface area contributed by atoms with Crippen molar-refractivity contribution in [3.8, 4) is 0 Å². The summed E-state index contributed by atoms with van der Waals surface area (Å²) in [5.41, 5.74) is 0.534. The van der Waals surface area contributed by atoms with E-state index in [1.54, 1.807) is 26.1 Å². The molecule has 0 N–H and O–H groups in total. The number of hydrogen-bond acceptors (Lipinski definition) is 6. The maximum absolute atomic E-state index is 12.4. The molecule has 0 aliphatic carbocycles. The predicted molar refractivity (Wildman–Crippen MR) is 62.3 cm³/mol. The number of furan rings is 1. The zero-order chi connectivity index (χ0) is 12.3. The van der Waals surface area contributed by atoms with Crippen molar-refractivity contribution in [2.75, 3.05) is 13.2 Å². The molecule has 0 amide bonds.